The van der Waals surface area contributed by atoms with Gasteiger partial charge in [-0.2, -0.15) is 13.2 Å². The molecule has 100 valence electrons. The molecule has 0 amide bonds. The second-order valence-corrected chi connectivity index (χ2v) is 4.03. The number of carbonyl (C=O) groups is 1. The summed E-state index contributed by atoms with van der Waals surface area (Å²) in [4.78, 5) is 15.6. The fourth-order valence-electron chi connectivity index (χ4n) is 1.82. The molecule has 0 radical (unpaired) electrons. The minimum absolute atomic E-state index is 0.121. The highest BCUT2D eigenvalue weighted by atomic mass is 19.4. The van der Waals surface area contributed by atoms with Gasteiger partial charge in [0.25, 0.3) is 0 Å². The van der Waals surface area contributed by atoms with Crippen LogP contribution in [0.4, 0.5) is 13.2 Å². The van der Waals surface area contributed by atoms with Gasteiger partial charge in [0, 0.05) is 11.1 Å². The Morgan fingerprint density at radius 1 is 1.26 bits per heavy atom. The van der Waals surface area contributed by atoms with Crippen LogP contribution in [0, 0.1) is 6.92 Å². The maximum atomic E-state index is 12.6. The van der Waals surface area contributed by atoms with Crippen LogP contribution in [0.25, 0.3) is 10.9 Å². The molecular weight excluding hydrogens is 259 g/mol. The average Bonchev–Trinajstić information content (AvgIpc) is 2.34. The van der Waals surface area contributed by atoms with Gasteiger partial charge in [-0.3, -0.25) is 4.98 Å². The summed E-state index contributed by atoms with van der Waals surface area (Å²) in [6, 6.07) is 4.57. The van der Waals surface area contributed by atoms with E-state index in [1.54, 1.807) is 6.92 Å². The van der Waals surface area contributed by atoms with E-state index < -0.39 is 17.7 Å². The summed E-state index contributed by atoms with van der Waals surface area (Å²) in [6.07, 6.45) is -4.44. The van der Waals surface area contributed by atoms with Gasteiger partial charge in [-0.1, -0.05) is 6.07 Å². The first-order valence-electron chi connectivity index (χ1n) is 5.40. The van der Waals surface area contributed by atoms with Gasteiger partial charge in [0.15, 0.2) is 0 Å². The summed E-state index contributed by atoms with van der Waals surface area (Å²) in [7, 11) is 1.22. The highest BCUT2D eigenvalue weighted by Crippen LogP contribution is 2.32. The van der Waals surface area contributed by atoms with Gasteiger partial charge in [0.2, 0.25) is 0 Å². The molecule has 0 bridgehead atoms. The van der Waals surface area contributed by atoms with Gasteiger partial charge < -0.3 is 4.74 Å². The predicted octanol–water partition coefficient (Wildman–Crippen LogP) is 3.35. The molecule has 1 aromatic carbocycles. The number of methoxy groups -OCH3 is 1. The lowest BCUT2D eigenvalue weighted by molar-refractivity contribution is -0.137. The van der Waals surface area contributed by atoms with Crippen molar-refractivity contribution in [3.63, 3.8) is 0 Å². The van der Waals surface area contributed by atoms with Crippen molar-refractivity contribution in [2.45, 2.75) is 13.1 Å². The Labute approximate surface area is 107 Å². The molecule has 0 fully saturated rings. The number of rotatable bonds is 1. The third kappa shape index (κ3) is 2.52. The molecule has 0 aliphatic rings. The first-order chi connectivity index (χ1) is 8.82. The summed E-state index contributed by atoms with van der Waals surface area (Å²) < 4.78 is 42.5. The minimum Gasteiger partial charge on any atom is -0.465 e. The Bertz CT molecular complexity index is 650. The largest absolute Gasteiger partial charge is 0.465 e. The summed E-state index contributed by atoms with van der Waals surface area (Å²) >= 11 is 0. The van der Waals surface area contributed by atoms with Crippen LogP contribution in [0.5, 0.6) is 0 Å². The topological polar surface area (TPSA) is 39.2 Å². The molecule has 0 saturated carbocycles. The van der Waals surface area contributed by atoms with Crippen LogP contribution in [0.1, 0.15) is 21.6 Å². The number of nitrogens with zero attached hydrogens (tertiary/aromatic N) is 1. The van der Waals surface area contributed by atoms with Crippen molar-refractivity contribution in [2.75, 3.05) is 7.11 Å². The number of carbonyl (C=O) groups excluding carboxylic acids is 1. The average molecular weight is 269 g/mol. The maximum absolute atomic E-state index is 12.6. The number of esters is 1. The monoisotopic (exact) mass is 269 g/mol. The van der Waals surface area contributed by atoms with Crippen molar-refractivity contribution < 1.29 is 22.7 Å². The normalized spacial score (nSPS) is 11.6. The van der Waals surface area contributed by atoms with Crippen LogP contribution in [0.15, 0.2) is 24.3 Å². The van der Waals surface area contributed by atoms with Crippen molar-refractivity contribution in [3.05, 3.63) is 41.1 Å². The Hall–Kier alpha value is -2.11. The lowest BCUT2D eigenvalue weighted by Crippen LogP contribution is -2.07. The number of aromatic nitrogens is 1. The van der Waals surface area contributed by atoms with E-state index in [-0.39, 0.29) is 11.1 Å². The number of ether oxygens (including phenoxy) is 1. The maximum Gasteiger partial charge on any atom is 0.416 e. The number of hydrogen-bond acceptors (Lipinski definition) is 3. The molecule has 2 aromatic rings. The van der Waals surface area contributed by atoms with Gasteiger partial charge in [-0.05, 0) is 25.1 Å². The molecule has 1 aromatic heterocycles. The first-order valence-corrected chi connectivity index (χ1v) is 5.40. The Morgan fingerprint density at radius 2 is 1.95 bits per heavy atom. The number of fused-ring (bicyclic) bond motifs is 1. The van der Waals surface area contributed by atoms with E-state index in [1.807, 2.05) is 0 Å². The highest BCUT2D eigenvalue weighted by molar-refractivity contribution is 6.03. The van der Waals surface area contributed by atoms with Crippen molar-refractivity contribution in [1.82, 2.24) is 4.98 Å². The van der Waals surface area contributed by atoms with E-state index in [1.165, 1.54) is 19.2 Å². The van der Waals surface area contributed by atoms with E-state index in [0.29, 0.717) is 11.1 Å². The van der Waals surface area contributed by atoms with Gasteiger partial charge in [0.1, 0.15) is 0 Å². The zero-order chi connectivity index (χ0) is 14.2. The number of hydrogen-bond donors (Lipinski definition) is 0. The molecule has 0 aliphatic heterocycles. The molecule has 6 heteroatoms. The third-order valence-electron chi connectivity index (χ3n) is 2.67. The summed E-state index contributed by atoms with van der Waals surface area (Å²) in [5, 5.41) is 0.338. The van der Waals surface area contributed by atoms with Crippen molar-refractivity contribution in [2.24, 2.45) is 0 Å². The molecule has 0 atom stereocenters. The molecule has 0 N–H and O–H groups in total. The Balaban J connectivity index is 2.72. The van der Waals surface area contributed by atoms with Gasteiger partial charge >= 0.3 is 12.1 Å². The third-order valence-corrected chi connectivity index (χ3v) is 2.67. The smallest absolute Gasteiger partial charge is 0.416 e. The van der Waals surface area contributed by atoms with Crippen LogP contribution in [-0.4, -0.2) is 18.1 Å². The number of halogens is 3. The number of pyridine rings is 1. The SMILES string of the molecule is COC(=O)c1cc(C)nc2cc(C(F)(F)F)ccc12. The molecule has 0 spiro atoms. The van der Waals surface area contributed by atoms with Crippen LogP contribution in [-0.2, 0) is 10.9 Å². The van der Waals surface area contributed by atoms with E-state index in [0.717, 1.165) is 12.1 Å². The molecular formula is C13H10F3NO2. The zero-order valence-corrected chi connectivity index (χ0v) is 10.2. The van der Waals surface area contributed by atoms with E-state index in [2.05, 4.69) is 9.72 Å². The molecule has 19 heavy (non-hydrogen) atoms. The quantitative estimate of drug-likeness (QED) is 0.745. The van der Waals surface area contributed by atoms with Crippen molar-refractivity contribution >= 4 is 16.9 Å². The Morgan fingerprint density at radius 3 is 2.53 bits per heavy atom. The van der Waals surface area contributed by atoms with Crippen LogP contribution < -0.4 is 0 Å². The van der Waals surface area contributed by atoms with Crippen molar-refractivity contribution in [3.8, 4) is 0 Å². The van der Waals surface area contributed by atoms with Gasteiger partial charge in [-0.25, -0.2) is 4.79 Å². The highest BCUT2D eigenvalue weighted by Gasteiger charge is 2.31. The van der Waals surface area contributed by atoms with E-state index in [9.17, 15) is 18.0 Å². The zero-order valence-electron chi connectivity index (χ0n) is 10.2. The summed E-state index contributed by atoms with van der Waals surface area (Å²) in [5.41, 5.74) is -0.0184. The molecule has 0 saturated heterocycles. The number of aryl methyl sites for hydroxylation is 1. The second kappa shape index (κ2) is 4.53. The van der Waals surface area contributed by atoms with Crippen LogP contribution in [0.2, 0.25) is 0 Å². The van der Waals surface area contributed by atoms with E-state index in [4.69, 9.17) is 0 Å². The van der Waals surface area contributed by atoms with Gasteiger partial charge in [-0.15, -0.1) is 0 Å². The predicted molar refractivity (Wildman–Crippen MR) is 62.8 cm³/mol. The summed E-state index contributed by atoms with van der Waals surface area (Å²) in [5.74, 6) is -0.602. The minimum atomic E-state index is -4.44. The van der Waals surface area contributed by atoms with Gasteiger partial charge in [0.05, 0.1) is 23.8 Å². The van der Waals surface area contributed by atoms with Crippen LogP contribution >= 0.6 is 0 Å². The fourth-order valence-corrected chi connectivity index (χ4v) is 1.82. The molecule has 1 heterocycles. The molecule has 0 aliphatic carbocycles. The second-order valence-electron chi connectivity index (χ2n) is 4.03. The van der Waals surface area contributed by atoms with E-state index >= 15 is 0 Å². The standard InChI is InChI=1S/C13H10F3NO2/c1-7-5-10(12(18)19-2)9-4-3-8(13(14,15)16)6-11(9)17-7/h3-6H,1-2H3. The lowest BCUT2D eigenvalue weighted by Gasteiger charge is -2.10. The summed E-state index contributed by atoms with van der Waals surface area (Å²) in [6.45, 7) is 1.60. The number of benzene rings is 1. The molecule has 2 rings (SSSR count). The Kier molecular flexibility index (Phi) is 3.18. The molecule has 0 unspecified atom stereocenters. The molecule has 3 nitrogen and oxygen atoms in total. The van der Waals surface area contributed by atoms with Crippen LogP contribution in [0.3, 0.4) is 0 Å². The fraction of sp³-hybridized carbons (Fsp3) is 0.231. The number of alkyl halides is 3. The lowest BCUT2D eigenvalue weighted by atomic mass is 10.1. The van der Waals surface area contributed by atoms with Crippen molar-refractivity contribution in [1.29, 1.82) is 0 Å². The first kappa shape index (κ1) is 13.3.